The van der Waals surface area contributed by atoms with E-state index in [1.54, 1.807) is 20.2 Å². The Morgan fingerprint density at radius 1 is 1.59 bits per heavy atom. The third-order valence-corrected chi connectivity index (χ3v) is 2.61. The lowest BCUT2D eigenvalue weighted by atomic mass is 10.2. The minimum absolute atomic E-state index is 0.0642. The largest absolute Gasteiger partial charge is 0.370 e. The molecule has 0 aliphatic carbocycles. The first-order valence-corrected chi connectivity index (χ1v) is 5.11. The van der Waals surface area contributed by atoms with Gasteiger partial charge in [-0.15, -0.1) is 0 Å². The molecule has 7 heteroatoms. The molecule has 0 spiro atoms. The van der Waals surface area contributed by atoms with Crippen molar-refractivity contribution in [3.8, 4) is 0 Å². The highest BCUT2D eigenvalue weighted by Gasteiger charge is 2.32. The lowest BCUT2D eigenvalue weighted by Gasteiger charge is -2.15. The van der Waals surface area contributed by atoms with Gasteiger partial charge in [-0.25, -0.2) is 0 Å². The number of carbonyl (C=O) groups is 1. The average molecular weight is 236 g/mol. The van der Waals surface area contributed by atoms with Crippen LogP contribution in [-0.4, -0.2) is 40.9 Å². The molecule has 1 amide bonds. The number of anilines is 1. The Balaban J connectivity index is 2.22. The Hall–Kier alpha value is -2.18. The minimum Gasteiger partial charge on any atom is -0.370 e. The second-order valence-corrected chi connectivity index (χ2v) is 4.05. The number of carbonyl (C=O) groups excluding carboxylic acids is 1. The molecule has 1 aromatic rings. The van der Waals surface area contributed by atoms with Gasteiger partial charge < -0.3 is 20.3 Å². The summed E-state index contributed by atoms with van der Waals surface area (Å²) in [6.07, 6.45) is 0.383. The molecule has 1 unspecified atom stereocenters. The van der Waals surface area contributed by atoms with Crippen LogP contribution in [0.15, 0.2) is 12.1 Å². The zero-order valence-electron chi connectivity index (χ0n) is 9.51. The molecule has 0 bridgehead atoms. The number of aromatic nitrogens is 1. The Bertz CT molecular complexity index is 486. The van der Waals surface area contributed by atoms with Gasteiger partial charge in [-0.05, 0) is 16.0 Å². The second-order valence-electron chi connectivity index (χ2n) is 4.05. The fourth-order valence-electron chi connectivity index (χ4n) is 1.77. The van der Waals surface area contributed by atoms with Crippen molar-refractivity contribution in [2.75, 3.05) is 19.4 Å². The van der Waals surface area contributed by atoms with Gasteiger partial charge in [-0.2, -0.15) is 0 Å². The predicted octanol–water partition coefficient (Wildman–Crippen LogP) is 0.415. The van der Waals surface area contributed by atoms with Gasteiger partial charge in [0, 0.05) is 26.6 Å². The number of fused-ring (bicyclic) bond motifs is 1. The number of nitrogens with zero attached hydrogens (tertiary/aromatic N) is 3. The number of rotatable bonds is 2. The maximum atomic E-state index is 11.7. The summed E-state index contributed by atoms with van der Waals surface area (Å²) in [6, 6.07) is 2.53. The first-order valence-electron chi connectivity index (χ1n) is 5.11. The molecule has 1 N–H and O–H groups in total. The van der Waals surface area contributed by atoms with Gasteiger partial charge in [0.2, 0.25) is 5.91 Å². The normalized spacial score (nSPS) is 17.2. The summed E-state index contributed by atoms with van der Waals surface area (Å²) in [5, 5.41) is 13.6. The summed E-state index contributed by atoms with van der Waals surface area (Å²) in [5.41, 5.74) is 1.26. The topological polar surface area (TPSA) is 88.4 Å². The summed E-state index contributed by atoms with van der Waals surface area (Å²) in [6.45, 7) is 0. The molecule has 1 atom stereocenters. The monoisotopic (exact) mass is 236 g/mol. The van der Waals surface area contributed by atoms with E-state index in [0.29, 0.717) is 17.8 Å². The summed E-state index contributed by atoms with van der Waals surface area (Å²) < 4.78 is 0. The maximum Gasteiger partial charge on any atom is 0.363 e. The van der Waals surface area contributed by atoms with Crippen LogP contribution in [0.4, 0.5) is 11.5 Å². The van der Waals surface area contributed by atoms with E-state index in [9.17, 15) is 14.9 Å². The zero-order valence-corrected chi connectivity index (χ0v) is 9.51. The van der Waals surface area contributed by atoms with Crippen molar-refractivity contribution in [1.29, 1.82) is 0 Å². The van der Waals surface area contributed by atoms with Crippen LogP contribution >= 0.6 is 0 Å². The second kappa shape index (κ2) is 4.00. The highest BCUT2D eigenvalue weighted by Crippen LogP contribution is 2.26. The molecule has 1 aliphatic heterocycles. The number of hydrogen-bond acceptors (Lipinski definition) is 5. The Kier molecular flexibility index (Phi) is 2.66. The number of likely N-dealkylation sites (N-methyl/N-ethyl adjacent to an activating group) is 1. The predicted molar refractivity (Wildman–Crippen MR) is 60.7 cm³/mol. The Morgan fingerprint density at radius 3 is 2.88 bits per heavy atom. The van der Waals surface area contributed by atoms with Gasteiger partial charge >= 0.3 is 5.82 Å². The molecule has 0 aromatic carbocycles. The van der Waals surface area contributed by atoms with Crippen molar-refractivity contribution in [3.05, 3.63) is 27.9 Å². The van der Waals surface area contributed by atoms with E-state index < -0.39 is 4.92 Å². The van der Waals surface area contributed by atoms with Crippen molar-refractivity contribution in [2.24, 2.45) is 0 Å². The Morgan fingerprint density at radius 2 is 2.29 bits per heavy atom. The lowest BCUT2D eigenvalue weighted by Crippen LogP contribution is -2.37. The van der Waals surface area contributed by atoms with E-state index in [0.717, 1.165) is 0 Å². The molecule has 0 fully saturated rings. The molecule has 0 radical (unpaired) electrons. The Labute approximate surface area is 97.6 Å². The quantitative estimate of drug-likeness (QED) is 0.593. The van der Waals surface area contributed by atoms with Crippen LogP contribution in [0.3, 0.4) is 0 Å². The van der Waals surface area contributed by atoms with Gasteiger partial charge in [-0.3, -0.25) is 4.79 Å². The van der Waals surface area contributed by atoms with Crippen LogP contribution in [0.5, 0.6) is 0 Å². The van der Waals surface area contributed by atoms with Crippen LogP contribution < -0.4 is 5.32 Å². The molecule has 17 heavy (non-hydrogen) atoms. The summed E-state index contributed by atoms with van der Waals surface area (Å²) in [7, 11) is 3.34. The number of pyridine rings is 1. The summed E-state index contributed by atoms with van der Waals surface area (Å²) in [5.74, 6) is -0.255. The van der Waals surface area contributed by atoms with E-state index in [2.05, 4.69) is 10.3 Å². The maximum absolute atomic E-state index is 11.7. The molecule has 1 aliphatic rings. The average Bonchev–Trinajstić information content (AvgIpc) is 2.69. The van der Waals surface area contributed by atoms with Gasteiger partial charge in [-0.1, -0.05) is 0 Å². The summed E-state index contributed by atoms with van der Waals surface area (Å²) >= 11 is 0. The van der Waals surface area contributed by atoms with E-state index in [1.165, 1.54) is 11.0 Å². The zero-order chi connectivity index (χ0) is 12.6. The molecular weight excluding hydrogens is 224 g/mol. The third-order valence-electron chi connectivity index (χ3n) is 2.61. The fourth-order valence-corrected chi connectivity index (χ4v) is 1.77. The van der Waals surface area contributed by atoms with Gasteiger partial charge in [0.25, 0.3) is 0 Å². The molecule has 0 saturated carbocycles. The number of nitrogens with one attached hydrogen (secondary N) is 1. The highest BCUT2D eigenvalue weighted by atomic mass is 16.6. The van der Waals surface area contributed by atoms with Crippen LogP contribution in [0.25, 0.3) is 0 Å². The molecule has 2 rings (SSSR count). The molecular formula is C10H12N4O3. The SMILES string of the molecule is CN(C)C(=O)C1Cc2nc([N+](=O)[O-])ccc2N1. The molecule has 1 aromatic heterocycles. The van der Waals surface area contributed by atoms with Gasteiger partial charge in [0.1, 0.15) is 6.04 Å². The number of amides is 1. The van der Waals surface area contributed by atoms with Crippen molar-refractivity contribution in [2.45, 2.75) is 12.5 Å². The standard InChI is InChI=1S/C10H12N4O3/c1-13(2)10(15)8-5-7-6(11-8)3-4-9(12-7)14(16)17/h3-4,8,11H,5H2,1-2H3. The lowest BCUT2D eigenvalue weighted by molar-refractivity contribution is -0.389. The molecule has 2 heterocycles. The van der Waals surface area contributed by atoms with E-state index in [1.807, 2.05) is 0 Å². The molecule has 7 nitrogen and oxygen atoms in total. The fraction of sp³-hybridized carbons (Fsp3) is 0.400. The smallest absolute Gasteiger partial charge is 0.363 e. The minimum atomic E-state index is -0.540. The van der Waals surface area contributed by atoms with Crippen molar-refractivity contribution < 1.29 is 9.72 Å². The van der Waals surface area contributed by atoms with E-state index in [-0.39, 0.29) is 17.8 Å². The van der Waals surface area contributed by atoms with E-state index >= 15 is 0 Å². The summed E-state index contributed by atoms with van der Waals surface area (Å²) in [4.78, 5) is 27.2. The molecule has 0 saturated heterocycles. The van der Waals surface area contributed by atoms with Gasteiger partial charge in [0.15, 0.2) is 5.69 Å². The van der Waals surface area contributed by atoms with Crippen molar-refractivity contribution in [1.82, 2.24) is 9.88 Å². The van der Waals surface area contributed by atoms with Crippen molar-refractivity contribution in [3.63, 3.8) is 0 Å². The first kappa shape index (κ1) is 11.3. The third kappa shape index (κ3) is 2.03. The van der Waals surface area contributed by atoms with Crippen LogP contribution in [-0.2, 0) is 11.2 Å². The van der Waals surface area contributed by atoms with Crippen LogP contribution in [0.1, 0.15) is 5.69 Å². The molecule has 90 valence electrons. The number of hydrogen-bond donors (Lipinski definition) is 1. The van der Waals surface area contributed by atoms with Gasteiger partial charge in [0.05, 0.1) is 5.69 Å². The van der Waals surface area contributed by atoms with Crippen LogP contribution in [0.2, 0.25) is 0 Å². The van der Waals surface area contributed by atoms with Crippen LogP contribution in [0, 0.1) is 10.1 Å². The van der Waals surface area contributed by atoms with E-state index in [4.69, 9.17) is 0 Å². The highest BCUT2D eigenvalue weighted by molar-refractivity contribution is 5.86. The number of nitro groups is 1. The first-order chi connectivity index (χ1) is 7.99. The van der Waals surface area contributed by atoms with Crippen molar-refractivity contribution >= 4 is 17.4 Å².